The van der Waals surface area contributed by atoms with Crippen LogP contribution >= 0.6 is 0 Å². The second kappa shape index (κ2) is 5.82. The van der Waals surface area contributed by atoms with Gasteiger partial charge in [0.15, 0.2) is 0 Å². The largest absolute Gasteiger partial charge is 0.330 e. The van der Waals surface area contributed by atoms with E-state index in [1.165, 1.54) is 7.05 Å². The summed E-state index contributed by atoms with van der Waals surface area (Å²) in [5, 5.41) is 0. The zero-order valence-corrected chi connectivity index (χ0v) is 10.6. The van der Waals surface area contributed by atoms with Crippen LogP contribution in [0, 0.1) is 12.3 Å². The molecule has 5 heteroatoms. The Labute approximate surface area is 102 Å². The summed E-state index contributed by atoms with van der Waals surface area (Å²) in [6, 6.07) is 6.69. The molecule has 0 spiro atoms. The second-order valence-corrected chi connectivity index (χ2v) is 5.69. The number of sulfonamides is 1. The number of hydrogen-bond donors (Lipinski definition) is 1. The standard InChI is InChI=1S/C12H16N2O2S/c1-3-10-14(2)17(15,16)12-6-4-11(5-7-12)8-9-13/h1,4-7H,8-10,13H2,2H3. The van der Waals surface area contributed by atoms with Gasteiger partial charge in [0.25, 0.3) is 0 Å². The van der Waals surface area contributed by atoms with Gasteiger partial charge >= 0.3 is 0 Å². The van der Waals surface area contributed by atoms with Crippen LogP contribution < -0.4 is 5.73 Å². The Balaban J connectivity index is 2.97. The van der Waals surface area contributed by atoms with E-state index in [0.717, 1.165) is 16.3 Å². The molecule has 0 bridgehead atoms. The van der Waals surface area contributed by atoms with Crippen molar-refractivity contribution < 1.29 is 8.42 Å². The molecule has 0 unspecified atom stereocenters. The van der Waals surface area contributed by atoms with Gasteiger partial charge in [0.05, 0.1) is 11.4 Å². The summed E-state index contributed by atoms with van der Waals surface area (Å²) >= 11 is 0. The topological polar surface area (TPSA) is 63.4 Å². The molecule has 1 aromatic rings. The molecular weight excluding hydrogens is 236 g/mol. The lowest BCUT2D eigenvalue weighted by Crippen LogP contribution is -2.27. The van der Waals surface area contributed by atoms with Gasteiger partial charge in [-0.15, -0.1) is 6.42 Å². The normalized spacial score (nSPS) is 11.4. The van der Waals surface area contributed by atoms with Crippen molar-refractivity contribution in [1.29, 1.82) is 0 Å². The first-order valence-electron chi connectivity index (χ1n) is 5.21. The Kier molecular flexibility index (Phi) is 4.70. The summed E-state index contributed by atoms with van der Waals surface area (Å²) in [6.07, 6.45) is 5.83. The molecular formula is C12H16N2O2S. The van der Waals surface area contributed by atoms with E-state index in [2.05, 4.69) is 5.92 Å². The number of nitrogens with two attached hydrogens (primary N) is 1. The van der Waals surface area contributed by atoms with E-state index in [-0.39, 0.29) is 11.4 Å². The lowest BCUT2D eigenvalue weighted by atomic mass is 10.2. The van der Waals surface area contributed by atoms with E-state index in [9.17, 15) is 8.42 Å². The maximum Gasteiger partial charge on any atom is 0.243 e. The van der Waals surface area contributed by atoms with E-state index in [0.29, 0.717) is 6.54 Å². The summed E-state index contributed by atoms with van der Waals surface area (Å²) in [7, 11) is -2.01. The fourth-order valence-electron chi connectivity index (χ4n) is 1.39. The Morgan fingerprint density at radius 2 is 1.94 bits per heavy atom. The van der Waals surface area contributed by atoms with Gasteiger partial charge in [0, 0.05) is 7.05 Å². The van der Waals surface area contributed by atoms with Crippen LogP contribution in [0.1, 0.15) is 5.56 Å². The van der Waals surface area contributed by atoms with E-state index in [1.807, 2.05) is 0 Å². The highest BCUT2D eigenvalue weighted by molar-refractivity contribution is 7.89. The molecule has 0 saturated carbocycles. The van der Waals surface area contributed by atoms with Crippen molar-refractivity contribution in [2.24, 2.45) is 5.73 Å². The second-order valence-electron chi connectivity index (χ2n) is 3.65. The number of benzene rings is 1. The molecule has 0 fully saturated rings. The van der Waals surface area contributed by atoms with Crippen molar-refractivity contribution in [2.75, 3.05) is 20.1 Å². The van der Waals surface area contributed by atoms with Gasteiger partial charge in [0.2, 0.25) is 10.0 Å². The van der Waals surface area contributed by atoms with Gasteiger partial charge in [-0.2, -0.15) is 4.31 Å². The van der Waals surface area contributed by atoms with Gasteiger partial charge in [-0.3, -0.25) is 0 Å². The van der Waals surface area contributed by atoms with E-state index in [4.69, 9.17) is 12.2 Å². The highest BCUT2D eigenvalue weighted by Crippen LogP contribution is 2.14. The lowest BCUT2D eigenvalue weighted by Gasteiger charge is -2.14. The lowest BCUT2D eigenvalue weighted by molar-refractivity contribution is 0.503. The van der Waals surface area contributed by atoms with Crippen LogP contribution in [-0.4, -0.2) is 32.9 Å². The molecule has 0 aromatic heterocycles. The third-order valence-corrected chi connectivity index (χ3v) is 4.20. The summed E-state index contributed by atoms with van der Waals surface area (Å²) < 4.78 is 25.1. The van der Waals surface area contributed by atoms with Gasteiger partial charge < -0.3 is 5.73 Å². The van der Waals surface area contributed by atoms with Crippen molar-refractivity contribution in [3.8, 4) is 12.3 Å². The van der Waals surface area contributed by atoms with Gasteiger partial charge in [-0.05, 0) is 30.7 Å². The Morgan fingerprint density at radius 1 is 1.35 bits per heavy atom. The van der Waals surface area contributed by atoms with E-state index >= 15 is 0 Å². The summed E-state index contributed by atoms with van der Waals surface area (Å²) in [4.78, 5) is 0.246. The van der Waals surface area contributed by atoms with Crippen LogP contribution in [0.5, 0.6) is 0 Å². The predicted octanol–water partition coefficient (Wildman–Crippen LogP) is 0.442. The van der Waals surface area contributed by atoms with Crippen molar-refractivity contribution in [1.82, 2.24) is 4.31 Å². The molecule has 0 aliphatic rings. The fraction of sp³-hybridized carbons (Fsp3) is 0.333. The van der Waals surface area contributed by atoms with Crippen LogP contribution in [0.3, 0.4) is 0 Å². The molecule has 0 aliphatic carbocycles. The van der Waals surface area contributed by atoms with Gasteiger partial charge in [0.1, 0.15) is 0 Å². The average Bonchev–Trinajstić information content (AvgIpc) is 2.30. The first kappa shape index (κ1) is 13.7. The van der Waals surface area contributed by atoms with Crippen molar-refractivity contribution in [2.45, 2.75) is 11.3 Å². The third-order valence-electron chi connectivity index (χ3n) is 2.38. The Morgan fingerprint density at radius 3 is 2.41 bits per heavy atom. The monoisotopic (exact) mass is 252 g/mol. The highest BCUT2D eigenvalue weighted by atomic mass is 32.2. The van der Waals surface area contributed by atoms with Gasteiger partial charge in [-0.25, -0.2) is 8.42 Å². The third kappa shape index (κ3) is 3.30. The van der Waals surface area contributed by atoms with Crippen LogP contribution in [0.2, 0.25) is 0 Å². The fourth-order valence-corrected chi connectivity index (χ4v) is 2.47. The molecule has 2 N–H and O–H groups in total. The summed E-state index contributed by atoms with van der Waals surface area (Å²) in [5.74, 6) is 2.31. The molecule has 0 radical (unpaired) electrons. The first-order chi connectivity index (χ1) is 8.02. The molecule has 17 heavy (non-hydrogen) atoms. The number of nitrogens with zero attached hydrogens (tertiary/aromatic N) is 1. The Hall–Kier alpha value is -1.35. The Bertz CT molecular complexity index is 500. The van der Waals surface area contributed by atoms with Gasteiger partial charge in [-0.1, -0.05) is 18.1 Å². The molecule has 0 atom stereocenters. The maximum absolute atomic E-state index is 12.0. The van der Waals surface area contributed by atoms with Crippen LogP contribution in [0.25, 0.3) is 0 Å². The van der Waals surface area contributed by atoms with Crippen molar-refractivity contribution >= 4 is 10.0 Å². The zero-order chi connectivity index (χ0) is 12.9. The maximum atomic E-state index is 12.0. The highest BCUT2D eigenvalue weighted by Gasteiger charge is 2.19. The van der Waals surface area contributed by atoms with Crippen molar-refractivity contribution in [3.63, 3.8) is 0 Å². The molecule has 1 rings (SSSR count). The molecule has 0 aliphatic heterocycles. The van der Waals surface area contributed by atoms with Crippen molar-refractivity contribution in [3.05, 3.63) is 29.8 Å². The minimum atomic E-state index is -3.47. The molecule has 0 amide bonds. The minimum absolute atomic E-state index is 0.0624. The van der Waals surface area contributed by atoms with E-state index < -0.39 is 10.0 Å². The molecule has 4 nitrogen and oxygen atoms in total. The molecule has 0 saturated heterocycles. The van der Waals surface area contributed by atoms with Crippen LogP contribution in [-0.2, 0) is 16.4 Å². The molecule has 92 valence electrons. The molecule has 1 aromatic carbocycles. The smallest absolute Gasteiger partial charge is 0.243 e. The first-order valence-corrected chi connectivity index (χ1v) is 6.65. The number of rotatable bonds is 5. The predicted molar refractivity (Wildman–Crippen MR) is 67.8 cm³/mol. The summed E-state index contributed by atoms with van der Waals surface area (Å²) in [6.45, 7) is 0.607. The minimum Gasteiger partial charge on any atom is -0.330 e. The number of hydrogen-bond acceptors (Lipinski definition) is 3. The molecule has 0 heterocycles. The quantitative estimate of drug-likeness (QED) is 0.774. The SMILES string of the molecule is C#CCN(C)S(=O)(=O)c1ccc(CCN)cc1. The van der Waals surface area contributed by atoms with Crippen LogP contribution in [0.4, 0.5) is 0 Å². The number of terminal acetylenes is 1. The zero-order valence-electron chi connectivity index (χ0n) is 9.76. The van der Waals surface area contributed by atoms with Crippen LogP contribution in [0.15, 0.2) is 29.2 Å². The average molecular weight is 252 g/mol. The summed E-state index contributed by atoms with van der Waals surface area (Å²) in [5.41, 5.74) is 6.44. The van der Waals surface area contributed by atoms with E-state index in [1.54, 1.807) is 24.3 Å².